The first-order valence-electron chi connectivity index (χ1n) is 20.1. The lowest BCUT2D eigenvalue weighted by Crippen LogP contribution is -2.52. The number of amides is 3. The van der Waals surface area contributed by atoms with Gasteiger partial charge in [0.05, 0.1) is 42.2 Å². The molecule has 2 aliphatic rings. The number of hydrogen-bond donors (Lipinski definition) is 5. The molecule has 2 aromatic rings. The van der Waals surface area contributed by atoms with Gasteiger partial charge in [0.25, 0.3) is 21.9 Å². The zero-order valence-corrected chi connectivity index (χ0v) is 36.0. The summed E-state index contributed by atoms with van der Waals surface area (Å²) < 4.78 is 43.7. The largest absolute Gasteiger partial charge is 0.460 e. The summed E-state index contributed by atoms with van der Waals surface area (Å²) in [5.41, 5.74) is 1.27. The Hall–Kier alpha value is -4.73. The summed E-state index contributed by atoms with van der Waals surface area (Å²) in [7, 11) is -4.22. The quantitative estimate of drug-likeness (QED) is 0.0664. The Morgan fingerprint density at radius 1 is 1.00 bits per heavy atom. The number of carbonyl (C=O) groups is 6. The fourth-order valence-electron chi connectivity index (χ4n) is 6.90. The molecular formula is C41H57N5O14S. The lowest BCUT2D eigenvalue weighted by molar-refractivity contribution is -0.188. The molecule has 5 N–H and O–H groups in total. The molecule has 20 heteroatoms. The van der Waals surface area contributed by atoms with Crippen LogP contribution < -0.4 is 5.32 Å². The summed E-state index contributed by atoms with van der Waals surface area (Å²) in [5.74, 6) is -4.98. The van der Waals surface area contributed by atoms with Crippen LogP contribution in [0.15, 0.2) is 36.5 Å². The van der Waals surface area contributed by atoms with Gasteiger partial charge in [0.1, 0.15) is 36.4 Å². The maximum Gasteiger partial charge on any atom is 0.311 e. The molecule has 1 aromatic heterocycles. The minimum absolute atomic E-state index is 0.00823. The summed E-state index contributed by atoms with van der Waals surface area (Å²) in [4.78, 5) is 79.6. The Morgan fingerprint density at radius 2 is 1.67 bits per heavy atom. The number of ether oxygens (including phenoxy) is 2. The fourth-order valence-corrected chi connectivity index (χ4v) is 7.40. The van der Waals surface area contributed by atoms with Crippen molar-refractivity contribution in [3.8, 4) is 0 Å². The highest BCUT2D eigenvalue weighted by Crippen LogP contribution is 2.29. The number of aryl methyl sites for hydroxylation is 2. The van der Waals surface area contributed by atoms with Crippen molar-refractivity contribution in [2.75, 3.05) is 12.4 Å². The number of aliphatic hydroxyl groups excluding tert-OH is 3. The Balaban J connectivity index is 1.43. The molecule has 61 heavy (non-hydrogen) atoms. The van der Waals surface area contributed by atoms with Crippen LogP contribution in [0.25, 0.3) is 0 Å². The van der Waals surface area contributed by atoms with E-state index in [-0.39, 0.29) is 62.8 Å². The van der Waals surface area contributed by atoms with Crippen LogP contribution in [0.5, 0.6) is 0 Å². The van der Waals surface area contributed by atoms with Gasteiger partial charge < -0.3 is 30.1 Å². The normalized spacial score (nSPS) is 21.1. The second kappa shape index (κ2) is 20.9. The van der Waals surface area contributed by atoms with Gasteiger partial charge in [-0.15, -0.1) is 5.10 Å². The Kier molecular flexibility index (Phi) is 16.8. The predicted molar refractivity (Wildman–Crippen MR) is 215 cm³/mol. The Labute approximate surface area is 354 Å². The van der Waals surface area contributed by atoms with Crippen LogP contribution in [0, 0.1) is 17.3 Å². The second-order valence-electron chi connectivity index (χ2n) is 17.0. The first-order valence-corrected chi connectivity index (χ1v) is 21.7. The highest BCUT2D eigenvalue weighted by Gasteiger charge is 2.38. The monoisotopic (exact) mass is 875 g/mol. The molecule has 0 saturated carbocycles. The van der Waals surface area contributed by atoms with Gasteiger partial charge in [-0.1, -0.05) is 37.3 Å². The summed E-state index contributed by atoms with van der Waals surface area (Å²) >= 11 is 0. The maximum absolute atomic E-state index is 13.6. The van der Waals surface area contributed by atoms with E-state index in [0.29, 0.717) is 23.1 Å². The number of ketones is 2. The number of nitrogens with one attached hydrogen (secondary N) is 1. The molecule has 0 radical (unpaired) electrons. The lowest BCUT2D eigenvalue weighted by atomic mass is 9.87. The van der Waals surface area contributed by atoms with Crippen LogP contribution in [0.2, 0.25) is 0 Å². The first kappa shape index (κ1) is 48.9. The van der Waals surface area contributed by atoms with Crippen molar-refractivity contribution in [2.24, 2.45) is 17.3 Å². The molecule has 7 atom stereocenters. The number of rotatable bonds is 21. The number of Topliss-reactive ketones (excluding diaryl/α,β-unsaturated/α-hetero) is 2. The van der Waals surface area contributed by atoms with E-state index >= 15 is 0 Å². The molecular weight excluding hydrogens is 819 g/mol. The molecule has 19 nitrogen and oxygen atoms in total. The van der Waals surface area contributed by atoms with Crippen LogP contribution in [-0.4, -0.2) is 126 Å². The van der Waals surface area contributed by atoms with Crippen LogP contribution in [0.1, 0.15) is 95.7 Å². The minimum atomic E-state index is -4.22. The molecule has 0 bridgehead atoms. The number of imide groups is 1. The van der Waals surface area contributed by atoms with Crippen molar-refractivity contribution in [1.29, 1.82) is 0 Å². The first-order chi connectivity index (χ1) is 28.4. The molecule has 3 amide bonds. The summed E-state index contributed by atoms with van der Waals surface area (Å²) in [6, 6.07) is 3.04. The van der Waals surface area contributed by atoms with E-state index in [1.165, 1.54) is 17.8 Å². The average Bonchev–Trinajstić information content (AvgIpc) is 3.78. The topological polar surface area (TPSA) is 282 Å². The number of esters is 1. The van der Waals surface area contributed by atoms with E-state index in [4.69, 9.17) is 14.0 Å². The second-order valence-corrected chi connectivity index (χ2v) is 18.6. The third kappa shape index (κ3) is 13.9. The molecule has 2 aliphatic heterocycles. The third-order valence-electron chi connectivity index (χ3n) is 10.6. The lowest BCUT2D eigenvalue weighted by Gasteiger charge is -2.35. The van der Waals surface area contributed by atoms with Crippen LogP contribution in [0.3, 0.4) is 0 Å². The number of benzene rings is 1. The van der Waals surface area contributed by atoms with Gasteiger partial charge in [-0.3, -0.25) is 42.9 Å². The molecule has 0 spiro atoms. The zero-order chi connectivity index (χ0) is 45.4. The molecule has 336 valence electrons. The fraction of sp³-hybridized carbons (Fsp3) is 0.610. The van der Waals surface area contributed by atoms with E-state index in [0.717, 1.165) is 17.1 Å². The number of aromatic nitrogens is 3. The van der Waals surface area contributed by atoms with Gasteiger partial charge >= 0.3 is 5.97 Å². The molecule has 0 unspecified atom stereocenters. The number of nitrogens with zero attached hydrogens (tertiary/aromatic N) is 4. The van der Waals surface area contributed by atoms with Crippen molar-refractivity contribution < 1.29 is 66.5 Å². The molecule has 1 saturated heterocycles. The third-order valence-corrected chi connectivity index (χ3v) is 11.4. The average molecular weight is 876 g/mol. The SMILES string of the molecule is CC(C)[C@H](CC(=O)C[C@@H](c1cn(CCCS(=O)(=O)O)nn1)N1C(=O)C=CC1=O)C(=O)N[C@@H](C)C(=O)Cc1ccc(COC(=O)C(C)(C)C)c(CC[C@@H]2OC[C@@H](O)[C@H](O)[C@H]2O)c1. The van der Waals surface area contributed by atoms with Crippen LogP contribution in [-0.2, 0) is 74.4 Å². The van der Waals surface area contributed by atoms with Gasteiger partial charge in [-0.25, -0.2) is 0 Å². The van der Waals surface area contributed by atoms with Crippen molar-refractivity contribution in [2.45, 2.75) is 130 Å². The van der Waals surface area contributed by atoms with Gasteiger partial charge in [-0.2, -0.15) is 8.42 Å². The summed E-state index contributed by atoms with van der Waals surface area (Å²) in [6.07, 6.45) is -1.51. The Morgan fingerprint density at radius 3 is 2.30 bits per heavy atom. The highest BCUT2D eigenvalue weighted by atomic mass is 32.2. The standard InChI is InChI=1S/C41H57N5O14S/c1-23(2)29(18-28(47)19-31(46-35(50)12-13-36(46)51)30-20-45(44-43-30)14-7-15-61(56,57)58)39(54)42-24(3)32(48)17-25-8-9-27(21-60-40(55)41(4,5)6)26(16-25)10-11-34-38(53)37(52)33(49)22-59-34/h8-9,12-13,16,20,23-24,29,31,33-34,37-38,49,52-53H,7,10-11,14-15,17-19,21-22H2,1-6H3,(H,42,54)(H,56,57,58)/t24-,29-,31-,33+,34-,37-,38-/m0/s1. The number of aliphatic hydroxyl groups is 3. The van der Waals surface area contributed by atoms with Gasteiger partial charge in [-0.05, 0) is 69.6 Å². The van der Waals surface area contributed by atoms with Gasteiger partial charge in [0, 0.05) is 43.9 Å². The van der Waals surface area contributed by atoms with E-state index in [2.05, 4.69) is 15.6 Å². The zero-order valence-electron chi connectivity index (χ0n) is 35.2. The van der Waals surface area contributed by atoms with Crippen molar-refractivity contribution >= 4 is 45.4 Å². The number of hydrogen-bond acceptors (Lipinski definition) is 15. The molecule has 1 aromatic carbocycles. The summed E-state index contributed by atoms with van der Waals surface area (Å²) in [5, 5.41) is 41.2. The van der Waals surface area contributed by atoms with Crippen molar-refractivity contribution in [3.63, 3.8) is 0 Å². The minimum Gasteiger partial charge on any atom is -0.460 e. The molecule has 4 rings (SSSR count). The van der Waals surface area contributed by atoms with Gasteiger partial charge in [0.15, 0.2) is 5.78 Å². The predicted octanol–water partition coefficient (Wildman–Crippen LogP) is 0.964. The number of carbonyl (C=O) groups excluding carboxylic acids is 6. The van der Waals surface area contributed by atoms with Crippen LogP contribution >= 0.6 is 0 Å². The van der Waals surface area contributed by atoms with E-state index in [1.807, 2.05) is 0 Å². The highest BCUT2D eigenvalue weighted by molar-refractivity contribution is 7.85. The van der Waals surface area contributed by atoms with Crippen LogP contribution in [0.4, 0.5) is 0 Å². The van der Waals surface area contributed by atoms with E-state index in [1.54, 1.807) is 52.8 Å². The van der Waals surface area contributed by atoms with E-state index < -0.39 is 99.6 Å². The molecule has 0 aliphatic carbocycles. The smallest absolute Gasteiger partial charge is 0.311 e. The Bertz CT molecular complexity index is 2060. The molecule has 1 fully saturated rings. The van der Waals surface area contributed by atoms with Crippen molar-refractivity contribution in [3.05, 3.63) is 58.9 Å². The summed E-state index contributed by atoms with van der Waals surface area (Å²) in [6.45, 7) is 9.99. The van der Waals surface area contributed by atoms with E-state index in [9.17, 15) is 52.5 Å². The van der Waals surface area contributed by atoms with Crippen molar-refractivity contribution in [1.82, 2.24) is 25.2 Å². The molecule has 3 heterocycles. The maximum atomic E-state index is 13.6. The van der Waals surface area contributed by atoms with Gasteiger partial charge in [0.2, 0.25) is 5.91 Å².